The Labute approximate surface area is 134 Å². The van der Waals surface area contributed by atoms with Crippen LogP contribution in [-0.4, -0.2) is 16.1 Å². The molecule has 1 aliphatic heterocycles. The lowest BCUT2D eigenvalue weighted by Gasteiger charge is -2.38. The number of carbonyl (C=O) groups is 1. The first kappa shape index (κ1) is 14.0. The van der Waals surface area contributed by atoms with Gasteiger partial charge in [-0.05, 0) is 48.6 Å². The summed E-state index contributed by atoms with van der Waals surface area (Å²) in [4.78, 5) is 15.9. The Bertz CT molecular complexity index is 799. The van der Waals surface area contributed by atoms with Gasteiger partial charge in [-0.1, -0.05) is 24.3 Å². The lowest BCUT2D eigenvalue weighted by molar-refractivity contribution is 0.0696. The number of fused-ring (bicyclic) bond motifs is 3. The van der Waals surface area contributed by atoms with Crippen molar-refractivity contribution in [3.63, 3.8) is 0 Å². The van der Waals surface area contributed by atoms with Gasteiger partial charge in [0.1, 0.15) is 0 Å². The number of nitrogens with one attached hydrogen (secondary N) is 1. The van der Waals surface area contributed by atoms with E-state index in [1.54, 1.807) is 6.07 Å². The van der Waals surface area contributed by atoms with E-state index in [0.717, 1.165) is 23.4 Å². The van der Waals surface area contributed by atoms with E-state index in [9.17, 15) is 9.90 Å². The maximum Gasteiger partial charge on any atom is 0.336 e. The minimum Gasteiger partial charge on any atom is -0.478 e. The van der Waals surface area contributed by atoms with Gasteiger partial charge in [-0.2, -0.15) is 0 Å². The minimum atomic E-state index is -0.884. The van der Waals surface area contributed by atoms with Crippen LogP contribution in [0, 0.1) is 12.8 Å². The van der Waals surface area contributed by atoms with E-state index in [-0.39, 0.29) is 6.04 Å². The fraction of sp³-hybridized carbons (Fsp3) is 0.263. The predicted molar refractivity (Wildman–Crippen MR) is 88.7 cm³/mol. The molecule has 3 atom stereocenters. The largest absolute Gasteiger partial charge is 0.478 e. The summed E-state index contributed by atoms with van der Waals surface area (Å²) in [6.45, 7) is 1.88. The topological polar surface area (TPSA) is 62.2 Å². The standard InChI is InChI=1S/C19H18N2O2/c1-11-12(19(22)23)8-9-15-13-5-4-6-14(13)18(21-17(11)15)16-7-2-3-10-20-16/h2-5,7-10,13-14,18,21H,6H2,1H3,(H,22,23)/t13-,14-,18+/m1/s1. The molecule has 0 saturated heterocycles. The molecule has 0 fully saturated rings. The number of hydrogen-bond acceptors (Lipinski definition) is 3. The number of carboxylic acid groups (broad SMARTS) is 1. The highest BCUT2D eigenvalue weighted by molar-refractivity contribution is 5.92. The number of allylic oxidation sites excluding steroid dienone is 2. The van der Waals surface area contributed by atoms with Crippen molar-refractivity contribution in [1.82, 2.24) is 4.98 Å². The number of nitrogens with zero attached hydrogens (tertiary/aromatic N) is 1. The number of carboxylic acids is 1. The van der Waals surface area contributed by atoms with Crippen LogP contribution in [-0.2, 0) is 0 Å². The van der Waals surface area contributed by atoms with Gasteiger partial charge in [0.2, 0.25) is 0 Å². The van der Waals surface area contributed by atoms with Crippen LogP contribution < -0.4 is 5.32 Å². The zero-order valence-corrected chi connectivity index (χ0v) is 12.9. The van der Waals surface area contributed by atoms with E-state index >= 15 is 0 Å². The number of rotatable bonds is 2. The van der Waals surface area contributed by atoms with Gasteiger partial charge in [0.25, 0.3) is 0 Å². The molecule has 0 unspecified atom stereocenters. The van der Waals surface area contributed by atoms with E-state index in [1.807, 2.05) is 37.4 Å². The molecule has 4 nitrogen and oxygen atoms in total. The molecular formula is C19H18N2O2. The summed E-state index contributed by atoms with van der Waals surface area (Å²) in [5.41, 5.74) is 4.31. The van der Waals surface area contributed by atoms with Crippen molar-refractivity contribution >= 4 is 11.7 Å². The van der Waals surface area contributed by atoms with Crippen LogP contribution in [0.3, 0.4) is 0 Å². The van der Waals surface area contributed by atoms with Gasteiger partial charge >= 0.3 is 5.97 Å². The normalized spacial score (nSPS) is 24.7. The summed E-state index contributed by atoms with van der Waals surface area (Å²) in [6, 6.07) is 9.74. The van der Waals surface area contributed by atoms with Gasteiger partial charge in [-0.3, -0.25) is 4.98 Å². The van der Waals surface area contributed by atoms with E-state index in [1.165, 1.54) is 5.56 Å². The molecule has 1 aromatic carbocycles. The second kappa shape index (κ2) is 5.23. The second-order valence-electron chi connectivity index (χ2n) is 6.24. The van der Waals surface area contributed by atoms with E-state index in [2.05, 4.69) is 22.5 Å². The summed E-state index contributed by atoms with van der Waals surface area (Å²) in [5, 5.41) is 13.0. The van der Waals surface area contributed by atoms with Gasteiger partial charge in [0.15, 0.2) is 0 Å². The molecule has 0 amide bonds. The smallest absolute Gasteiger partial charge is 0.336 e. The maximum atomic E-state index is 11.4. The van der Waals surface area contributed by atoms with Crippen molar-refractivity contribution in [3.05, 3.63) is 71.1 Å². The Hall–Kier alpha value is -2.62. The van der Waals surface area contributed by atoms with Gasteiger partial charge in [-0.15, -0.1) is 0 Å². The molecule has 2 aliphatic rings. The van der Waals surface area contributed by atoms with Gasteiger partial charge in [0, 0.05) is 17.8 Å². The molecule has 4 rings (SSSR count). The highest BCUT2D eigenvalue weighted by Crippen LogP contribution is 2.50. The van der Waals surface area contributed by atoms with Crippen molar-refractivity contribution in [1.29, 1.82) is 0 Å². The number of anilines is 1. The zero-order chi connectivity index (χ0) is 16.0. The van der Waals surface area contributed by atoms with Crippen LogP contribution in [0.5, 0.6) is 0 Å². The first-order valence-electron chi connectivity index (χ1n) is 7.87. The molecule has 0 bridgehead atoms. The third kappa shape index (κ3) is 2.13. The van der Waals surface area contributed by atoms with Crippen molar-refractivity contribution < 1.29 is 9.90 Å². The number of aromatic nitrogens is 1. The van der Waals surface area contributed by atoms with Crippen LogP contribution in [0.15, 0.2) is 48.7 Å². The summed E-state index contributed by atoms with van der Waals surface area (Å²) in [5.74, 6) is -0.141. The molecule has 2 heterocycles. The Kier molecular flexibility index (Phi) is 3.18. The molecule has 2 N–H and O–H groups in total. The second-order valence-corrected chi connectivity index (χ2v) is 6.24. The first-order valence-corrected chi connectivity index (χ1v) is 7.87. The highest BCUT2D eigenvalue weighted by atomic mass is 16.4. The van der Waals surface area contributed by atoms with Gasteiger partial charge < -0.3 is 10.4 Å². The molecule has 116 valence electrons. The quantitative estimate of drug-likeness (QED) is 0.826. The Morgan fingerprint density at radius 1 is 1.30 bits per heavy atom. The molecule has 0 saturated carbocycles. The molecular weight excluding hydrogens is 288 g/mol. The van der Waals surface area contributed by atoms with E-state index in [4.69, 9.17) is 0 Å². The van der Waals surface area contributed by atoms with Crippen LogP contribution >= 0.6 is 0 Å². The molecule has 0 spiro atoms. The number of pyridine rings is 1. The van der Waals surface area contributed by atoms with Gasteiger partial charge in [-0.25, -0.2) is 4.79 Å². The Balaban J connectivity index is 1.85. The predicted octanol–water partition coefficient (Wildman–Crippen LogP) is 3.91. The van der Waals surface area contributed by atoms with Crippen LogP contribution in [0.2, 0.25) is 0 Å². The van der Waals surface area contributed by atoms with Crippen LogP contribution in [0.4, 0.5) is 5.69 Å². The van der Waals surface area contributed by atoms with Crippen molar-refractivity contribution in [2.45, 2.75) is 25.3 Å². The Morgan fingerprint density at radius 3 is 2.91 bits per heavy atom. The third-order valence-electron chi connectivity index (χ3n) is 5.03. The summed E-state index contributed by atoms with van der Waals surface area (Å²) in [7, 11) is 0. The summed E-state index contributed by atoms with van der Waals surface area (Å²) in [6.07, 6.45) is 7.30. The Morgan fingerprint density at radius 2 is 2.17 bits per heavy atom. The number of hydrogen-bond donors (Lipinski definition) is 2. The fourth-order valence-electron chi connectivity index (χ4n) is 3.90. The summed E-state index contributed by atoms with van der Waals surface area (Å²) < 4.78 is 0. The third-order valence-corrected chi connectivity index (χ3v) is 5.03. The van der Waals surface area contributed by atoms with E-state index in [0.29, 0.717) is 17.4 Å². The van der Waals surface area contributed by atoms with Crippen molar-refractivity contribution in [3.8, 4) is 0 Å². The molecule has 4 heteroatoms. The highest BCUT2D eigenvalue weighted by Gasteiger charge is 2.39. The minimum absolute atomic E-state index is 0.103. The number of aromatic carboxylic acids is 1. The van der Waals surface area contributed by atoms with Crippen LogP contribution in [0.25, 0.3) is 0 Å². The van der Waals surface area contributed by atoms with Gasteiger partial charge in [0.05, 0.1) is 17.3 Å². The lowest BCUT2D eigenvalue weighted by atomic mass is 9.77. The average molecular weight is 306 g/mol. The molecule has 1 aliphatic carbocycles. The molecule has 0 radical (unpaired) electrons. The summed E-state index contributed by atoms with van der Waals surface area (Å²) >= 11 is 0. The van der Waals surface area contributed by atoms with Crippen molar-refractivity contribution in [2.24, 2.45) is 5.92 Å². The number of benzene rings is 1. The molecule has 2 aromatic rings. The molecule has 23 heavy (non-hydrogen) atoms. The fourth-order valence-corrected chi connectivity index (χ4v) is 3.90. The van der Waals surface area contributed by atoms with Crippen LogP contribution in [0.1, 0.15) is 45.6 Å². The monoisotopic (exact) mass is 306 g/mol. The SMILES string of the molecule is Cc1c(C(=O)O)ccc2c1N[C@H](c1ccccn1)[C@@H]1CC=C[C@@H]21. The van der Waals surface area contributed by atoms with E-state index < -0.39 is 5.97 Å². The molecule has 1 aromatic heterocycles. The first-order chi connectivity index (χ1) is 11.2. The van der Waals surface area contributed by atoms with Crippen molar-refractivity contribution in [2.75, 3.05) is 5.32 Å². The average Bonchev–Trinajstić information content (AvgIpc) is 3.05. The lowest BCUT2D eigenvalue weighted by Crippen LogP contribution is -2.30. The maximum absolute atomic E-state index is 11.4. The zero-order valence-electron chi connectivity index (χ0n) is 12.9.